The van der Waals surface area contributed by atoms with Crippen LogP contribution >= 0.6 is 0 Å². The van der Waals surface area contributed by atoms with E-state index in [4.69, 9.17) is 0 Å². The average molecular weight is 161 g/mol. The molecule has 3 heteroatoms. The van der Waals surface area contributed by atoms with Gasteiger partial charge in [-0.05, 0) is 19.1 Å². The summed E-state index contributed by atoms with van der Waals surface area (Å²) in [4.78, 5) is 4.21. The summed E-state index contributed by atoms with van der Waals surface area (Å²) in [6, 6.07) is 4.14. The van der Waals surface area contributed by atoms with E-state index in [-0.39, 0.29) is 0 Å². The van der Waals surface area contributed by atoms with E-state index < -0.39 is 0 Å². The minimum atomic E-state index is 0.922. The molecule has 62 valence electrons. The molecule has 0 spiro atoms. The largest absolute Gasteiger partial charge is 0.371 e. The van der Waals surface area contributed by atoms with Gasteiger partial charge in [-0.1, -0.05) is 0 Å². The second kappa shape index (κ2) is 2.52. The van der Waals surface area contributed by atoms with E-state index in [2.05, 4.69) is 33.8 Å². The molecule has 2 aromatic heterocycles. The van der Waals surface area contributed by atoms with E-state index in [0.29, 0.717) is 0 Å². The Hall–Kier alpha value is -1.51. The predicted octanol–water partition coefficient (Wildman–Crippen LogP) is 1.68. The van der Waals surface area contributed by atoms with Gasteiger partial charge in [-0.2, -0.15) is 0 Å². The second-order valence-electron chi connectivity index (χ2n) is 2.76. The number of hydrogen-bond acceptors (Lipinski definition) is 2. The van der Waals surface area contributed by atoms with Crippen molar-refractivity contribution in [2.24, 2.45) is 0 Å². The van der Waals surface area contributed by atoms with Crippen LogP contribution in [0.1, 0.15) is 5.69 Å². The highest BCUT2D eigenvalue weighted by atomic mass is 15.0. The molecular formula is C9H11N3. The Kier molecular flexibility index (Phi) is 1.50. The third-order valence-electron chi connectivity index (χ3n) is 2.02. The lowest BCUT2D eigenvalue weighted by Crippen LogP contribution is -1.96. The topological polar surface area (TPSA) is 29.3 Å². The van der Waals surface area contributed by atoms with Gasteiger partial charge in [-0.3, -0.25) is 0 Å². The number of fused-ring (bicyclic) bond motifs is 1. The Bertz CT molecular complexity index is 403. The van der Waals surface area contributed by atoms with Crippen LogP contribution in [0.25, 0.3) is 5.52 Å². The molecule has 2 aromatic rings. The SMILES string of the molecule is CNc1nccn2c(C)ccc12. The van der Waals surface area contributed by atoms with Gasteiger partial charge in [0, 0.05) is 25.1 Å². The monoisotopic (exact) mass is 161 g/mol. The van der Waals surface area contributed by atoms with Crippen molar-refractivity contribution in [2.45, 2.75) is 6.92 Å². The molecule has 0 aliphatic carbocycles. The highest BCUT2D eigenvalue weighted by molar-refractivity contribution is 5.68. The number of aromatic nitrogens is 2. The zero-order chi connectivity index (χ0) is 8.55. The third kappa shape index (κ3) is 0.863. The summed E-state index contributed by atoms with van der Waals surface area (Å²) >= 11 is 0. The van der Waals surface area contributed by atoms with Crippen molar-refractivity contribution >= 4 is 11.3 Å². The number of nitrogens with zero attached hydrogens (tertiary/aromatic N) is 2. The van der Waals surface area contributed by atoms with Gasteiger partial charge in [0.2, 0.25) is 0 Å². The Labute approximate surface area is 71.0 Å². The second-order valence-corrected chi connectivity index (χ2v) is 2.76. The van der Waals surface area contributed by atoms with Crippen LogP contribution in [0, 0.1) is 6.92 Å². The number of hydrogen-bond donors (Lipinski definition) is 1. The van der Waals surface area contributed by atoms with Gasteiger partial charge < -0.3 is 9.72 Å². The molecule has 1 N–H and O–H groups in total. The van der Waals surface area contributed by atoms with E-state index in [1.54, 1.807) is 6.20 Å². The molecule has 0 fully saturated rings. The minimum Gasteiger partial charge on any atom is -0.371 e. The molecule has 0 unspecified atom stereocenters. The molecule has 12 heavy (non-hydrogen) atoms. The maximum absolute atomic E-state index is 4.21. The molecule has 0 amide bonds. The first-order valence-corrected chi connectivity index (χ1v) is 3.93. The summed E-state index contributed by atoms with van der Waals surface area (Å²) in [7, 11) is 1.88. The first-order chi connectivity index (χ1) is 5.83. The van der Waals surface area contributed by atoms with Crippen LogP contribution < -0.4 is 5.32 Å². The highest BCUT2D eigenvalue weighted by Gasteiger charge is 2.00. The summed E-state index contributed by atoms with van der Waals surface area (Å²) in [5, 5.41) is 3.05. The van der Waals surface area contributed by atoms with Gasteiger partial charge in [0.05, 0.1) is 5.52 Å². The Morgan fingerprint density at radius 2 is 2.25 bits per heavy atom. The lowest BCUT2D eigenvalue weighted by atomic mass is 10.5. The summed E-state index contributed by atoms with van der Waals surface area (Å²) in [6.45, 7) is 2.08. The van der Waals surface area contributed by atoms with E-state index in [1.807, 2.05) is 13.2 Å². The lowest BCUT2D eigenvalue weighted by Gasteiger charge is -2.02. The van der Waals surface area contributed by atoms with Crippen LogP contribution in [0.3, 0.4) is 0 Å². The average Bonchev–Trinajstić information content (AvgIpc) is 2.48. The summed E-state index contributed by atoms with van der Waals surface area (Å²) in [6.07, 6.45) is 3.76. The first kappa shape index (κ1) is 7.16. The number of nitrogens with one attached hydrogen (secondary N) is 1. The maximum Gasteiger partial charge on any atom is 0.150 e. The fraction of sp³-hybridized carbons (Fsp3) is 0.222. The Morgan fingerprint density at radius 3 is 3.00 bits per heavy atom. The van der Waals surface area contributed by atoms with Gasteiger partial charge in [-0.15, -0.1) is 0 Å². The van der Waals surface area contributed by atoms with Crippen molar-refractivity contribution in [1.29, 1.82) is 0 Å². The van der Waals surface area contributed by atoms with Crippen molar-refractivity contribution in [3.63, 3.8) is 0 Å². The van der Waals surface area contributed by atoms with Crippen LogP contribution in [-0.2, 0) is 0 Å². The molecule has 0 bridgehead atoms. The summed E-state index contributed by atoms with van der Waals surface area (Å²) < 4.78 is 2.11. The molecule has 0 atom stereocenters. The van der Waals surface area contributed by atoms with E-state index in [9.17, 15) is 0 Å². The van der Waals surface area contributed by atoms with E-state index >= 15 is 0 Å². The molecule has 2 rings (SSSR count). The molecule has 0 aromatic carbocycles. The lowest BCUT2D eigenvalue weighted by molar-refractivity contribution is 1.08. The molecule has 0 aliphatic heterocycles. The van der Waals surface area contributed by atoms with Gasteiger partial charge >= 0.3 is 0 Å². The quantitative estimate of drug-likeness (QED) is 0.689. The van der Waals surface area contributed by atoms with Crippen LogP contribution in [0.15, 0.2) is 24.5 Å². The van der Waals surface area contributed by atoms with Gasteiger partial charge in [-0.25, -0.2) is 4.98 Å². The van der Waals surface area contributed by atoms with E-state index in [0.717, 1.165) is 11.3 Å². The molecule has 0 aliphatic rings. The van der Waals surface area contributed by atoms with Crippen molar-refractivity contribution in [3.8, 4) is 0 Å². The highest BCUT2D eigenvalue weighted by Crippen LogP contribution is 2.15. The minimum absolute atomic E-state index is 0.922. The Morgan fingerprint density at radius 1 is 1.42 bits per heavy atom. The maximum atomic E-state index is 4.21. The van der Waals surface area contributed by atoms with Gasteiger partial charge in [0.25, 0.3) is 0 Å². The molecule has 0 saturated carbocycles. The van der Waals surface area contributed by atoms with Crippen molar-refractivity contribution in [1.82, 2.24) is 9.38 Å². The van der Waals surface area contributed by atoms with E-state index in [1.165, 1.54) is 5.69 Å². The van der Waals surface area contributed by atoms with Crippen LogP contribution in [0.4, 0.5) is 5.82 Å². The Balaban J connectivity index is 2.81. The number of anilines is 1. The van der Waals surface area contributed by atoms with Crippen molar-refractivity contribution in [3.05, 3.63) is 30.2 Å². The fourth-order valence-electron chi connectivity index (χ4n) is 1.37. The molecular weight excluding hydrogens is 150 g/mol. The van der Waals surface area contributed by atoms with Crippen LogP contribution in [-0.4, -0.2) is 16.4 Å². The third-order valence-corrected chi connectivity index (χ3v) is 2.02. The zero-order valence-electron chi connectivity index (χ0n) is 7.20. The summed E-state index contributed by atoms with van der Waals surface area (Å²) in [5.41, 5.74) is 2.35. The number of aryl methyl sites for hydroxylation is 1. The predicted molar refractivity (Wildman–Crippen MR) is 49.5 cm³/mol. The van der Waals surface area contributed by atoms with Crippen LogP contribution in [0.2, 0.25) is 0 Å². The summed E-state index contributed by atoms with van der Waals surface area (Å²) in [5.74, 6) is 0.922. The molecule has 3 nitrogen and oxygen atoms in total. The molecule has 2 heterocycles. The molecule has 0 saturated heterocycles. The standard InChI is InChI=1S/C9H11N3/c1-7-3-4-8-9(10-2)11-5-6-12(7)8/h3-6H,1-2H3,(H,10,11). The fourth-order valence-corrected chi connectivity index (χ4v) is 1.37. The molecule has 0 radical (unpaired) electrons. The van der Waals surface area contributed by atoms with Gasteiger partial charge in [0.1, 0.15) is 5.82 Å². The smallest absolute Gasteiger partial charge is 0.150 e. The number of rotatable bonds is 1. The van der Waals surface area contributed by atoms with Crippen molar-refractivity contribution in [2.75, 3.05) is 12.4 Å². The van der Waals surface area contributed by atoms with Crippen molar-refractivity contribution < 1.29 is 0 Å². The normalized spacial score (nSPS) is 10.5. The first-order valence-electron chi connectivity index (χ1n) is 3.93. The zero-order valence-corrected chi connectivity index (χ0v) is 7.20. The van der Waals surface area contributed by atoms with Gasteiger partial charge in [0.15, 0.2) is 0 Å². The van der Waals surface area contributed by atoms with Crippen LogP contribution in [0.5, 0.6) is 0 Å².